The molecule has 1 aliphatic heterocycles. The summed E-state index contributed by atoms with van der Waals surface area (Å²) in [6, 6.07) is 22.8. The number of aryl methyl sites for hydroxylation is 1. The van der Waals surface area contributed by atoms with E-state index in [0.717, 1.165) is 36.0 Å². The van der Waals surface area contributed by atoms with Crippen LogP contribution >= 0.6 is 0 Å². The third-order valence-corrected chi connectivity index (χ3v) is 9.81. The molecule has 0 saturated carbocycles. The highest BCUT2D eigenvalue weighted by atomic mass is 32.2. The van der Waals surface area contributed by atoms with Crippen molar-refractivity contribution < 1.29 is 16.8 Å². The van der Waals surface area contributed by atoms with Gasteiger partial charge >= 0.3 is 0 Å². The quantitative estimate of drug-likeness (QED) is 0.456. The minimum absolute atomic E-state index is 0.0770. The summed E-state index contributed by atoms with van der Waals surface area (Å²) >= 11 is 0. The minimum Gasteiger partial charge on any atom is -0.207 e. The summed E-state index contributed by atoms with van der Waals surface area (Å²) in [6.45, 7) is 3.42. The number of rotatable bonds is 8. The summed E-state index contributed by atoms with van der Waals surface area (Å²) in [6.07, 6.45) is 2.72. The van der Waals surface area contributed by atoms with Crippen LogP contribution in [0, 0.1) is 6.92 Å². The number of piperidine rings is 1. The second-order valence-electron chi connectivity index (χ2n) is 8.68. The first kappa shape index (κ1) is 24.6. The van der Waals surface area contributed by atoms with Crippen molar-refractivity contribution in [3.05, 3.63) is 95.6 Å². The van der Waals surface area contributed by atoms with Crippen molar-refractivity contribution in [3.63, 3.8) is 0 Å². The molecule has 4 rings (SSSR count). The third-order valence-electron chi connectivity index (χ3n) is 6.10. The maximum atomic E-state index is 13.6. The van der Waals surface area contributed by atoms with Crippen LogP contribution in [0.5, 0.6) is 0 Å². The zero-order valence-electron chi connectivity index (χ0n) is 19.3. The predicted octanol–water partition coefficient (Wildman–Crippen LogP) is 4.56. The zero-order valence-corrected chi connectivity index (χ0v) is 20.9. The molecule has 0 bridgehead atoms. The Balaban J connectivity index is 1.63. The van der Waals surface area contributed by atoms with Crippen LogP contribution in [-0.2, 0) is 33.1 Å². The van der Waals surface area contributed by atoms with Gasteiger partial charge in [0.25, 0.3) is 0 Å². The van der Waals surface area contributed by atoms with Gasteiger partial charge in [-0.15, -0.1) is 0 Å². The van der Waals surface area contributed by atoms with Crippen molar-refractivity contribution in [2.45, 2.75) is 49.1 Å². The number of nitrogens with zero attached hydrogens (tertiary/aromatic N) is 2. The fraction of sp³-hybridized carbons (Fsp3) is 0.308. The molecular formula is C26H30N2O4S2. The van der Waals surface area contributed by atoms with E-state index in [2.05, 4.69) is 0 Å². The SMILES string of the molecule is Cc1ccc(CN(Cc2ccccc2)S(=O)(=O)c2ccc(S(=O)(=O)N3CCCCC3)cc2)cc1. The lowest BCUT2D eigenvalue weighted by Crippen LogP contribution is -2.35. The molecule has 1 saturated heterocycles. The van der Waals surface area contributed by atoms with Gasteiger partial charge in [0.1, 0.15) is 0 Å². The highest BCUT2D eigenvalue weighted by Gasteiger charge is 2.28. The van der Waals surface area contributed by atoms with E-state index in [1.54, 1.807) is 0 Å². The lowest BCUT2D eigenvalue weighted by atomic mass is 10.1. The van der Waals surface area contributed by atoms with E-state index < -0.39 is 20.0 Å². The van der Waals surface area contributed by atoms with E-state index in [4.69, 9.17) is 0 Å². The molecule has 8 heteroatoms. The Morgan fingerprint density at radius 2 is 1.21 bits per heavy atom. The summed E-state index contributed by atoms with van der Waals surface area (Å²) in [5, 5.41) is 0. The molecule has 34 heavy (non-hydrogen) atoms. The summed E-state index contributed by atoms with van der Waals surface area (Å²) in [5.74, 6) is 0. The summed E-state index contributed by atoms with van der Waals surface area (Å²) < 4.78 is 56.1. The molecule has 1 aliphatic rings. The third kappa shape index (κ3) is 5.58. The van der Waals surface area contributed by atoms with Crippen LogP contribution in [0.15, 0.2) is 88.7 Å². The van der Waals surface area contributed by atoms with Gasteiger partial charge in [0.05, 0.1) is 9.79 Å². The van der Waals surface area contributed by atoms with E-state index in [9.17, 15) is 16.8 Å². The summed E-state index contributed by atoms with van der Waals surface area (Å²) in [4.78, 5) is 0.203. The molecule has 180 valence electrons. The molecule has 0 aromatic heterocycles. The van der Waals surface area contributed by atoms with Gasteiger partial charge in [-0.3, -0.25) is 0 Å². The van der Waals surface area contributed by atoms with Gasteiger partial charge in [-0.05, 0) is 55.2 Å². The Labute approximate surface area is 203 Å². The molecule has 0 atom stereocenters. The maximum absolute atomic E-state index is 13.6. The largest absolute Gasteiger partial charge is 0.243 e. The fourth-order valence-electron chi connectivity index (χ4n) is 4.10. The molecule has 0 radical (unpaired) electrons. The van der Waals surface area contributed by atoms with Crippen LogP contribution in [0.4, 0.5) is 0 Å². The van der Waals surface area contributed by atoms with E-state index in [1.165, 1.54) is 32.9 Å². The number of hydrogen-bond acceptors (Lipinski definition) is 4. The smallest absolute Gasteiger partial charge is 0.207 e. The number of benzene rings is 3. The normalized spacial score (nSPS) is 15.5. The second kappa shape index (κ2) is 10.4. The fourth-order valence-corrected chi connectivity index (χ4v) is 7.03. The Morgan fingerprint density at radius 1 is 0.676 bits per heavy atom. The van der Waals surface area contributed by atoms with Crippen LogP contribution in [-0.4, -0.2) is 38.5 Å². The Bertz CT molecular complexity index is 1300. The molecule has 1 heterocycles. The van der Waals surface area contributed by atoms with E-state index in [0.29, 0.717) is 13.1 Å². The molecular weight excluding hydrogens is 468 g/mol. The predicted molar refractivity (Wildman–Crippen MR) is 133 cm³/mol. The van der Waals surface area contributed by atoms with Crippen molar-refractivity contribution in [3.8, 4) is 0 Å². The van der Waals surface area contributed by atoms with Crippen molar-refractivity contribution in [1.29, 1.82) is 0 Å². The highest BCUT2D eigenvalue weighted by Crippen LogP contribution is 2.25. The Kier molecular flexibility index (Phi) is 7.52. The van der Waals surface area contributed by atoms with E-state index >= 15 is 0 Å². The highest BCUT2D eigenvalue weighted by molar-refractivity contribution is 7.89. The molecule has 0 N–H and O–H groups in total. The van der Waals surface area contributed by atoms with Crippen LogP contribution in [0.3, 0.4) is 0 Å². The topological polar surface area (TPSA) is 74.8 Å². The first-order valence-electron chi connectivity index (χ1n) is 11.5. The van der Waals surface area contributed by atoms with Crippen molar-refractivity contribution in [2.24, 2.45) is 0 Å². The maximum Gasteiger partial charge on any atom is 0.243 e. The lowest BCUT2D eigenvalue weighted by molar-refractivity contribution is 0.346. The second-order valence-corrected chi connectivity index (χ2v) is 12.6. The average molecular weight is 499 g/mol. The van der Waals surface area contributed by atoms with Gasteiger partial charge in [0.15, 0.2) is 0 Å². The first-order chi connectivity index (χ1) is 16.3. The van der Waals surface area contributed by atoms with E-state index in [-0.39, 0.29) is 22.9 Å². The van der Waals surface area contributed by atoms with Gasteiger partial charge in [-0.25, -0.2) is 16.8 Å². The lowest BCUT2D eigenvalue weighted by Gasteiger charge is -2.26. The van der Waals surface area contributed by atoms with Gasteiger partial charge in [0.2, 0.25) is 20.0 Å². The molecule has 0 amide bonds. The minimum atomic E-state index is -3.87. The molecule has 0 spiro atoms. The summed E-state index contributed by atoms with van der Waals surface area (Å²) in [5.41, 5.74) is 2.86. The van der Waals surface area contributed by atoms with Crippen molar-refractivity contribution >= 4 is 20.0 Å². The van der Waals surface area contributed by atoms with Crippen LogP contribution in [0.25, 0.3) is 0 Å². The number of sulfonamides is 2. The molecule has 3 aromatic rings. The van der Waals surface area contributed by atoms with Crippen molar-refractivity contribution in [1.82, 2.24) is 8.61 Å². The standard InChI is InChI=1S/C26H30N2O4S2/c1-22-10-12-24(13-11-22)21-28(20-23-8-4-2-5-9-23)34(31,32)26-16-14-25(15-17-26)33(29,30)27-18-6-3-7-19-27/h2,4-5,8-17H,3,6-7,18-21H2,1H3. The monoisotopic (exact) mass is 498 g/mol. The summed E-state index contributed by atoms with van der Waals surface area (Å²) in [7, 11) is -7.49. The van der Waals surface area contributed by atoms with Gasteiger partial charge < -0.3 is 0 Å². The average Bonchev–Trinajstić information content (AvgIpc) is 2.86. The van der Waals surface area contributed by atoms with Gasteiger partial charge in [0, 0.05) is 26.2 Å². The number of hydrogen-bond donors (Lipinski definition) is 0. The van der Waals surface area contributed by atoms with Crippen LogP contribution in [0.2, 0.25) is 0 Å². The molecule has 1 fully saturated rings. The zero-order chi connectivity index (χ0) is 24.2. The van der Waals surface area contributed by atoms with Crippen LogP contribution < -0.4 is 0 Å². The Hall–Kier alpha value is -2.52. The van der Waals surface area contributed by atoms with E-state index in [1.807, 2.05) is 61.5 Å². The molecule has 3 aromatic carbocycles. The van der Waals surface area contributed by atoms with Gasteiger partial charge in [-0.2, -0.15) is 8.61 Å². The molecule has 6 nitrogen and oxygen atoms in total. The van der Waals surface area contributed by atoms with Gasteiger partial charge in [-0.1, -0.05) is 66.6 Å². The Morgan fingerprint density at radius 3 is 1.79 bits per heavy atom. The van der Waals surface area contributed by atoms with Crippen LogP contribution in [0.1, 0.15) is 36.0 Å². The van der Waals surface area contributed by atoms with Crippen molar-refractivity contribution in [2.75, 3.05) is 13.1 Å². The molecule has 0 aliphatic carbocycles. The molecule has 0 unspecified atom stereocenters. The first-order valence-corrected chi connectivity index (χ1v) is 14.3.